The van der Waals surface area contributed by atoms with Gasteiger partial charge in [-0.15, -0.1) is 0 Å². The number of urea groups is 1. The number of carbonyl (C=O) groups is 3. The Bertz CT molecular complexity index is 895. The van der Waals surface area contributed by atoms with Crippen molar-refractivity contribution in [3.8, 4) is 0 Å². The van der Waals surface area contributed by atoms with Gasteiger partial charge in [-0.05, 0) is 49.2 Å². The summed E-state index contributed by atoms with van der Waals surface area (Å²) in [5.74, 6) is -2.13. The normalized spacial score (nSPS) is 14.4. The van der Waals surface area contributed by atoms with Crippen LogP contribution in [0, 0.1) is 11.7 Å². The fourth-order valence-electron chi connectivity index (χ4n) is 3.04. The molecule has 0 aromatic heterocycles. The van der Waals surface area contributed by atoms with E-state index in [9.17, 15) is 18.8 Å². The van der Waals surface area contributed by atoms with Crippen LogP contribution in [0.5, 0.6) is 0 Å². The summed E-state index contributed by atoms with van der Waals surface area (Å²) in [7, 11) is 0. The highest BCUT2D eigenvalue weighted by Crippen LogP contribution is 2.19. The number of carboxylic acids is 1. The number of rotatable bonds is 4. The van der Waals surface area contributed by atoms with Gasteiger partial charge in [0.15, 0.2) is 0 Å². The number of nitrogens with one attached hydrogen (secondary N) is 2. The van der Waals surface area contributed by atoms with Crippen molar-refractivity contribution < 1.29 is 23.9 Å². The van der Waals surface area contributed by atoms with Crippen molar-refractivity contribution in [3.05, 3.63) is 59.9 Å². The molecule has 8 heteroatoms. The van der Waals surface area contributed by atoms with Crippen LogP contribution in [-0.2, 0) is 4.79 Å². The fraction of sp³-hybridized carbons (Fsp3) is 0.250. The Hall–Kier alpha value is -3.42. The second kappa shape index (κ2) is 8.51. The van der Waals surface area contributed by atoms with Crippen molar-refractivity contribution in [1.82, 2.24) is 4.90 Å². The summed E-state index contributed by atoms with van der Waals surface area (Å²) in [5, 5.41) is 14.3. The van der Waals surface area contributed by atoms with Crippen molar-refractivity contribution >= 4 is 29.3 Å². The molecular weight excluding hydrogens is 365 g/mol. The van der Waals surface area contributed by atoms with Gasteiger partial charge < -0.3 is 20.6 Å². The zero-order chi connectivity index (χ0) is 20.1. The van der Waals surface area contributed by atoms with Crippen molar-refractivity contribution in [1.29, 1.82) is 0 Å². The quantitative estimate of drug-likeness (QED) is 0.751. The van der Waals surface area contributed by atoms with Crippen molar-refractivity contribution in [2.45, 2.75) is 12.8 Å². The summed E-state index contributed by atoms with van der Waals surface area (Å²) >= 11 is 0. The molecule has 3 amide bonds. The van der Waals surface area contributed by atoms with E-state index in [1.54, 1.807) is 29.2 Å². The predicted molar refractivity (Wildman–Crippen MR) is 102 cm³/mol. The minimum absolute atomic E-state index is 0.312. The van der Waals surface area contributed by atoms with Crippen LogP contribution in [0.2, 0.25) is 0 Å². The molecule has 1 aliphatic heterocycles. The first-order chi connectivity index (χ1) is 13.4. The molecule has 1 fully saturated rings. The molecule has 0 unspecified atom stereocenters. The molecule has 0 saturated carbocycles. The fourth-order valence-corrected chi connectivity index (χ4v) is 3.04. The number of anilines is 2. The third-order valence-electron chi connectivity index (χ3n) is 4.59. The van der Waals surface area contributed by atoms with E-state index in [1.807, 2.05) is 0 Å². The number of hydrogen-bond donors (Lipinski definition) is 3. The lowest BCUT2D eigenvalue weighted by Gasteiger charge is -2.30. The first-order valence-electron chi connectivity index (χ1n) is 8.88. The summed E-state index contributed by atoms with van der Waals surface area (Å²) in [6.45, 7) is 0.727. The maximum Gasteiger partial charge on any atom is 0.321 e. The van der Waals surface area contributed by atoms with Crippen LogP contribution < -0.4 is 10.6 Å². The van der Waals surface area contributed by atoms with Crippen molar-refractivity contribution in [2.75, 3.05) is 23.7 Å². The molecule has 146 valence electrons. The number of carboxylic acid groups (broad SMARTS) is 1. The van der Waals surface area contributed by atoms with Crippen molar-refractivity contribution in [2.24, 2.45) is 5.92 Å². The number of likely N-dealkylation sites (tertiary alicyclic amines) is 1. The molecule has 0 aliphatic carbocycles. The van der Waals surface area contributed by atoms with E-state index in [-0.39, 0.29) is 6.03 Å². The lowest BCUT2D eigenvalue weighted by Crippen LogP contribution is -2.42. The summed E-state index contributed by atoms with van der Waals surface area (Å²) in [4.78, 5) is 37.3. The van der Waals surface area contributed by atoms with Gasteiger partial charge in [-0.1, -0.05) is 12.1 Å². The van der Waals surface area contributed by atoms with Crippen LogP contribution in [0.3, 0.4) is 0 Å². The molecule has 0 spiro atoms. The molecule has 7 nitrogen and oxygen atoms in total. The van der Waals surface area contributed by atoms with Gasteiger partial charge >= 0.3 is 12.0 Å². The number of nitrogens with zero attached hydrogens (tertiary/aromatic N) is 1. The van der Waals surface area contributed by atoms with Crippen LogP contribution in [0.1, 0.15) is 23.2 Å². The maximum atomic E-state index is 13.2. The van der Waals surface area contributed by atoms with E-state index in [2.05, 4.69) is 10.6 Å². The molecule has 1 saturated heterocycles. The van der Waals surface area contributed by atoms with Crippen LogP contribution >= 0.6 is 0 Å². The minimum Gasteiger partial charge on any atom is -0.481 e. The highest BCUT2D eigenvalue weighted by Gasteiger charge is 2.27. The summed E-state index contributed by atoms with van der Waals surface area (Å²) < 4.78 is 13.2. The third-order valence-corrected chi connectivity index (χ3v) is 4.59. The van der Waals surface area contributed by atoms with Crippen molar-refractivity contribution in [3.63, 3.8) is 0 Å². The Balaban J connectivity index is 1.61. The van der Waals surface area contributed by atoms with E-state index >= 15 is 0 Å². The van der Waals surface area contributed by atoms with Gasteiger partial charge in [0.1, 0.15) is 5.82 Å². The Morgan fingerprint density at radius 1 is 0.964 bits per heavy atom. The van der Waals surface area contributed by atoms with E-state index in [0.717, 1.165) is 0 Å². The number of carbonyl (C=O) groups excluding carboxylic acids is 2. The average Bonchev–Trinajstić information content (AvgIpc) is 2.68. The lowest BCUT2D eigenvalue weighted by molar-refractivity contribution is -0.143. The smallest absolute Gasteiger partial charge is 0.321 e. The molecule has 0 radical (unpaired) electrons. The number of aliphatic carboxylic acids is 1. The van der Waals surface area contributed by atoms with Gasteiger partial charge in [0.25, 0.3) is 5.91 Å². The van der Waals surface area contributed by atoms with Gasteiger partial charge in [0.05, 0.1) is 5.92 Å². The van der Waals surface area contributed by atoms with Gasteiger partial charge in [-0.3, -0.25) is 9.59 Å². The standard InChI is InChI=1S/C20H20FN3O4/c21-15-4-2-6-17(12-15)22-18(25)14-3-1-5-16(11-14)23-20(28)24-9-7-13(8-10-24)19(26)27/h1-6,11-13H,7-10H2,(H,22,25)(H,23,28)(H,26,27). The Morgan fingerprint density at radius 3 is 2.25 bits per heavy atom. The molecule has 0 bridgehead atoms. The Kier molecular flexibility index (Phi) is 5.88. The summed E-state index contributed by atoms with van der Waals surface area (Å²) in [6.07, 6.45) is 0.831. The van der Waals surface area contributed by atoms with Crippen LogP contribution in [0.25, 0.3) is 0 Å². The second-order valence-corrected chi connectivity index (χ2v) is 6.57. The molecule has 2 aromatic carbocycles. The SMILES string of the molecule is O=C(Nc1cccc(F)c1)c1cccc(NC(=O)N2CCC(C(=O)O)CC2)c1. The molecule has 1 aliphatic rings. The van der Waals surface area contributed by atoms with E-state index in [4.69, 9.17) is 5.11 Å². The van der Waals surface area contributed by atoms with Gasteiger partial charge in [0.2, 0.25) is 0 Å². The first-order valence-corrected chi connectivity index (χ1v) is 8.88. The molecular formula is C20H20FN3O4. The molecule has 3 rings (SSSR count). The largest absolute Gasteiger partial charge is 0.481 e. The summed E-state index contributed by atoms with van der Waals surface area (Å²) in [5.41, 5.74) is 1.09. The molecule has 28 heavy (non-hydrogen) atoms. The third kappa shape index (κ3) is 4.85. The van der Waals surface area contributed by atoms with Crippen LogP contribution in [0.15, 0.2) is 48.5 Å². The molecule has 1 heterocycles. The number of halogens is 1. The number of amides is 3. The first kappa shape index (κ1) is 19.3. The highest BCUT2D eigenvalue weighted by molar-refractivity contribution is 6.05. The number of hydrogen-bond acceptors (Lipinski definition) is 3. The molecule has 2 aromatic rings. The lowest BCUT2D eigenvalue weighted by atomic mass is 9.97. The maximum absolute atomic E-state index is 13.2. The van der Waals surface area contributed by atoms with E-state index < -0.39 is 23.6 Å². The monoisotopic (exact) mass is 385 g/mol. The minimum atomic E-state index is -0.836. The zero-order valence-electron chi connectivity index (χ0n) is 15.0. The zero-order valence-corrected chi connectivity index (χ0v) is 15.0. The van der Waals surface area contributed by atoms with Gasteiger partial charge in [-0.25, -0.2) is 9.18 Å². The highest BCUT2D eigenvalue weighted by atomic mass is 19.1. The van der Waals surface area contributed by atoms with Gasteiger partial charge in [-0.2, -0.15) is 0 Å². The van der Waals surface area contributed by atoms with Crippen LogP contribution in [0.4, 0.5) is 20.6 Å². The molecule has 3 N–H and O–H groups in total. The van der Waals surface area contributed by atoms with Crippen LogP contribution in [-0.4, -0.2) is 41.0 Å². The Labute approximate surface area is 161 Å². The molecule has 0 atom stereocenters. The number of piperidine rings is 1. The Morgan fingerprint density at radius 2 is 1.61 bits per heavy atom. The topological polar surface area (TPSA) is 98.7 Å². The number of benzene rings is 2. The van der Waals surface area contributed by atoms with E-state index in [1.165, 1.54) is 24.3 Å². The predicted octanol–water partition coefficient (Wildman–Crippen LogP) is 3.41. The van der Waals surface area contributed by atoms with Gasteiger partial charge in [0, 0.05) is 30.0 Å². The summed E-state index contributed by atoms with van der Waals surface area (Å²) in [6, 6.07) is 11.6. The van der Waals surface area contributed by atoms with E-state index in [0.29, 0.717) is 42.9 Å². The average molecular weight is 385 g/mol. The second-order valence-electron chi connectivity index (χ2n) is 6.57.